The van der Waals surface area contributed by atoms with E-state index in [9.17, 15) is 4.79 Å². The fourth-order valence-corrected chi connectivity index (χ4v) is 2.90. The molecule has 0 heterocycles. The van der Waals surface area contributed by atoms with E-state index < -0.39 is 0 Å². The Bertz CT molecular complexity index is 296. The summed E-state index contributed by atoms with van der Waals surface area (Å²) in [5.74, 6) is -0.186. The van der Waals surface area contributed by atoms with Crippen LogP contribution in [0.1, 0.15) is 117 Å². The Kier molecular flexibility index (Phi) is 17.9. The highest BCUT2D eigenvalue weighted by Crippen LogP contribution is 2.14. The van der Waals surface area contributed by atoms with Crippen molar-refractivity contribution in [3.8, 4) is 0 Å². The van der Waals surface area contributed by atoms with Crippen LogP contribution in [0.4, 0.5) is 0 Å². The highest BCUT2D eigenvalue weighted by Gasteiger charge is 2.07. The summed E-state index contributed by atoms with van der Waals surface area (Å²) < 4.78 is 5.22. The monoisotopic (exact) mass is 338 g/mol. The zero-order chi connectivity index (χ0) is 17.9. The number of rotatable bonds is 18. The van der Waals surface area contributed by atoms with Crippen LogP contribution in [0, 0.1) is 0 Å². The maximum Gasteiger partial charge on any atom is 0.333 e. The average molecular weight is 339 g/mol. The van der Waals surface area contributed by atoms with Crippen molar-refractivity contribution in [3.05, 3.63) is 12.2 Å². The Morgan fingerprint density at radius 2 is 1.08 bits per heavy atom. The molecule has 0 saturated heterocycles. The molecule has 2 heteroatoms. The third kappa shape index (κ3) is 16.1. The van der Waals surface area contributed by atoms with E-state index in [0.717, 1.165) is 32.1 Å². The molecule has 24 heavy (non-hydrogen) atoms. The van der Waals surface area contributed by atoms with Gasteiger partial charge in [0, 0.05) is 5.57 Å². The van der Waals surface area contributed by atoms with Gasteiger partial charge in [0.05, 0.1) is 6.61 Å². The summed E-state index contributed by atoms with van der Waals surface area (Å²) in [5, 5.41) is 0. The van der Waals surface area contributed by atoms with E-state index in [-0.39, 0.29) is 5.97 Å². The van der Waals surface area contributed by atoms with Crippen molar-refractivity contribution in [1.82, 2.24) is 0 Å². The Balaban J connectivity index is 3.28. The average Bonchev–Trinajstić information content (AvgIpc) is 2.59. The van der Waals surface area contributed by atoms with Crippen LogP contribution in [0.15, 0.2) is 12.2 Å². The molecule has 0 N–H and O–H groups in total. The zero-order valence-electron chi connectivity index (χ0n) is 16.5. The van der Waals surface area contributed by atoms with Gasteiger partial charge in [0.15, 0.2) is 0 Å². The minimum Gasteiger partial charge on any atom is -0.462 e. The lowest BCUT2D eigenvalue weighted by Crippen LogP contribution is -2.08. The molecular formula is C22H42O2. The summed E-state index contributed by atoms with van der Waals surface area (Å²) in [6.45, 7) is 8.83. The van der Waals surface area contributed by atoms with Gasteiger partial charge in [-0.1, -0.05) is 104 Å². The second kappa shape index (κ2) is 18.5. The second-order valence-electron chi connectivity index (χ2n) is 7.09. The fraction of sp³-hybridized carbons (Fsp3) is 0.864. The van der Waals surface area contributed by atoms with Crippen molar-refractivity contribution in [2.45, 2.75) is 117 Å². The maximum absolute atomic E-state index is 11.7. The summed E-state index contributed by atoms with van der Waals surface area (Å²) in [4.78, 5) is 11.7. The quantitative estimate of drug-likeness (QED) is 0.148. The molecule has 0 amide bonds. The molecule has 0 aliphatic heterocycles. The largest absolute Gasteiger partial charge is 0.462 e. The Morgan fingerprint density at radius 1 is 0.667 bits per heavy atom. The molecule has 0 spiro atoms. The molecule has 142 valence electrons. The van der Waals surface area contributed by atoms with Gasteiger partial charge in [-0.15, -0.1) is 0 Å². The van der Waals surface area contributed by atoms with E-state index in [1.807, 2.05) is 0 Å². The van der Waals surface area contributed by atoms with Gasteiger partial charge in [-0.25, -0.2) is 4.79 Å². The maximum atomic E-state index is 11.7. The highest BCUT2D eigenvalue weighted by atomic mass is 16.5. The number of esters is 1. The minimum absolute atomic E-state index is 0.186. The fourth-order valence-electron chi connectivity index (χ4n) is 2.90. The van der Waals surface area contributed by atoms with Crippen LogP contribution in [0.5, 0.6) is 0 Å². The molecule has 0 aromatic heterocycles. The third-order valence-electron chi connectivity index (χ3n) is 4.60. The van der Waals surface area contributed by atoms with E-state index in [1.54, 1.807) is 0 Å². The van der Waals surface area contributed by atoms with Crippen LogP contribution in [-0.4, -0.2) is 12.6 Å². The van der Waals surface area contributed by atoms with Crippen molar-refractivity contribution in [2.24, 2.45) is 0 Å². The number of ether oxygens (including phenoxy) is 1. The molecule has 0 aliphatic carbocycles. The van der Waals surface area contributed by atoms with Crippen LogP contribution in [0.3, 0.4) is 0 Å². The minimum atomic E-state index is -0.186. The van der Waals surface area contributed by atoms with Crippen LogP contribution in [-0.2, 0) is 9.53 Å². The van der Waals surface area contributed by atoms with Gasteiger partial charge in [-0.2, -0.15) is 0 Å². The standard InChI is InChI=1S/C22H42O2/c1-4-6-8-9-10-11-12-13-14-15-16-17-19-21(3)22(23)24-20-18-7-5-2/h3-20H2,1-2H3. The van der Waals surface area contributed by atoms with Crippen molar-refractivity contribution in [3.63, 3.8) is 0 Å². The Hall–Kier alpha value is -0.790. The molecule has 0 unspecified atom stereocenters. The molecule has 0 bridgehead atoms. The molecule has 0 saturated carbocycles. The summed E-state index contributed by atoms with van der Waals surface area (Å²) >= 11 is 0. The third-order valence-corrected chi connectivity index (χ3v) is 4.60. The molecule has 0 aromatic carbocycles. The topological polar surface area (TPSA) is 26.3 Å². The molecular weight excluding hydrogens is 296 g/mol. The first-order valence-corrected chi connectivity index (χ1v) is 10.6. The van der Waals surface area contributed by atoms with Gasteiger partial charge in [0.25, 0.3) is 0 Å². The summed E-state index contributed by atoms with van der Waals surface area (Å²) in [6.07, 6.45) is 20.1. The van der Waals surface area contributed by atoms with Gasteiger partial charge >= 0.3 is 5.97 Å². The SMILES string of the molecule is C=C(CCCCCCCCCCCCCC)C(=O)OCCCCC. The number of carbonyl (C=O) groups is 1. The smallest absolute Gasteiger partial charge is 0.333 e. The number of unbranched alkanes of at least 4 members (excludes halogenated alkanes) is 13. The number of carbonyl (C=O) groups excluding carboxylic acids is 1. The van der Waals surface area contributed by atoms with E-state index in [4.69, 9.17) is 4.74 Å². The number of hydrogen-bond acceptors (Lipinski definition) is 2. The van der Waals surface area contributed by atoms with E-state index >= 15 is 0 Å². The van der Waals surface area contributed by atoms with Crippen LogP contribution in [0.2, 0.25) is 0 Å². The normalized spacial score (nSPS) is 10.8. The predicted octanol–water partition coefficient (Wildman–Crippen LogP) is 7.37. The van der Waals surface area contributed by atoms with E-state index in [0.29, 0.717) is 12.2 Å². The molecule has 0 rings (SSSR count). The zero-order valence-corrected chi connectivity index (χ0v) is 16.5. The molecule has 0 atom stereocenters. The lowest BCUT2D eigenvalue weighted by molar-refractivity contribution is -0.139. The van der Waals surface area contributed by atoms with E-state index in [1.165, 1.54) is 70.6 Å². The molecule has 0 fully saturated rings. The Morgan fingerprint density at radius 3 is 1.58 bits per heavy atom. The molecule has 0 aromatic rings. The van der Waals surface area contributed by atoms with Gasteiger partial charge in [-0.05, 0) is 19.3 Å². The van der Waals surface area contributed by atoms with Crippen molar-refractivity contribution < 1.29 is 9.53 Å². The van der Waals surface area contributed by atoms with Gasteiger partial charge in [0.1, 0.15) is 0 Å². The van der Waals surface area contributed by atoms with Crippen molar-refractivity contribution in [2.75, 3.05) is 6.61 Å². The van der Waals surface area contributed by atoms with Crippen molar-refractivity contribution in [1.29, 1.82) is 0 Å². The van der Waals surface area contributed by atoms with Crippen LogP contribution < -0.4 is 0 Å². The highest BCUT2D eigenvalue weighted by molar-refractivity contribution is 5.87. The van der Waals surface area contributed by atoms with Crippen LogP contribution >= 0.6 is 0 Å². The van der Waals surface area contributed by atoms with Gasteiger partial charge in [0.2, 0.25) is 0 Å². The van der Waals surface area contributed by atoms with Gasteiger partial charge in [-0.3, -0.25) is 0 Å². The summed E-state index contributed by atoms with van der Waals surface area (Å²) in [7, 11) is 0. The molecule has 2 nitrogen and oxygen atoms in total. The predicted molar refractivity (Wildman–Crippen MR) is 105 cm³/mol. The first kappa shape index (κ1) is 23.2. The van der Waals surface area contributed by atoms with Crippen molar-refractivity contribution >= 4 is 5.97 Å². The van der Waals surface area contributed by atoms with E-state index in [2.05, 4.69) is 20.4 Å². The Labute approximate surface area is 151 Å². The molecule has 0 radical (unpaired) electrons. The summed E-state index contributed by atoms with van der Waals surface area (Å²) in [6, 6.07) is 0. The second-order valence-corrected chi connectivity index (χ2v) is 7.09. The number of hydrogen-bond donors (Lipinski definition) is 0. The lowest BCUT2D eigenvalue weighted by atomic mass is 10.0. The summed E-state index contributed by atoms with van der Waals surface area (Å²) in [5.41, 5.74) is 0.651. The van der Waals surface area contributed by atoms with Crippen LogP contribution in [0.25, 0.3) is 0 Å². The molecule has 0 aliphatic rings. The first-order chi connectivity index (χ1) is 11.7. The first-order valence-electron chi connectivity index (χ1n) is 10.6. The lowest BCUT2D eigenvalue weighted by Gasteiger charge is -2.07. The van der Waals surface area contributed by atoms with Gasteiger partial charge < -0.3 is 4.74 Å².